The molecule has 6 rings (SSSR count). The van der Waals surface area contributed by atoms with Crippen molar-refractivity contribution in [2.75, 3.05) is 13.1 Å². The van der Waals surface area contributed by atoms with Crippen LogP contribution in [0.15, 0.2) is 41.3 Å². The Labute approximate surface area is 236 Å². The smallest absolute Gasteiger partial charge is 0.343 e. The Morgan fingerprint density at radius 2 is 1.81 bits per heavy atom. The number of alkyl halides is 3. The van der Waals surface area contributed by atoms with Gasteiger partial charge in [-0.3, -0.25) is 14.3 Å². The van der Waals surface area contributed by atoms with Crippen molar-refractivity contribution in [1.82, 2.24) is 34.2 Å². The molecular weight excluding hydrogens is 561 g/mol. The lowest BCUT2D eigenvalue weighted by Crippen LogP contribution is -2.41. The molecule has 2 aliphatic rings. The average Bonchev–Trinajstić information content (AvgIpc) is 3.43. The molecule has 222 valence electrons. The zero-order valence-electron chi connectivity index (χ0n) is 22.4. The van der Waals surface area contributed by atoms with E-state index in [1.165, 1.54) is 16.7 Å². The molecule has 9 nitrogen and oxygen atoms in total. The second-order valence-corrected chi connectivity index (χ2v) is 11.0. The first-order chi connectivity index (χ1) is 20.1. The second kappa shape index (κ2) is 11.0. The van der Waals surface area contributed by atoms with Crippen LogP contribution in [0.25, 0.3) is 11.2 Å². The lowest BCUT2D eigenvalue weighted by molar-refractivity contribution is -0.133. The lowest BCUT2D eigenvalue weighted by atomic mass is 9.89. The molecule has 0 spiro atoms. The monoisotopic (exact) mass is 589 g/mol. The van der Waals surface area contributed by atoms with Crippen molar-refractivity contribution in [3.8, 4) is 0 Å². The SMILES string of the molecule is O=C(C[C@H]1CC[C@H](c2cccc(F)c2F)Cn2c(CC(F)(F)F)nnc21)N1CCC(n2c(=O)[nH]c3ncccc32)CC1. The molecule has 1 N–H and O–H groups in total. The van der Waals surface area contributed by atoms with Crippen LogP contribution in [0.3, 0.4) is 0 Å². The van der Waals surface area contributed by atoms with Gasteiger partial charge < -0.3 is 9.47 Å². The molecule has 1 saturated heterocycles. The van der Waals surface area contributed by atoms with Crippen LogP contribution in [0.2, 0.25) is 0 Å². The maximum Gasteiger partial charge on any atom is 0.396 e. The van der Waals surface area contributed by atoms with Gasteiger partial charge in [0.1, 0.15) is 18.1 Å². The van der Waals surface area contributed by atoms with Crippen LogP contribution < -0.4 is 5.69 Å². The maximum atomic E-state index is 14.7. The number of halogens is 5. The Balaban J connectivity index is 1.20. The number of carbonyl (C=O) groups excluding carboxylic acids is 1. The van der Waals surface area contributed by atoms with Gasteiger partial charge >= 0.3 is 11.9 Å². The van der Waals surface area contributed by atoms with Gasteiger partial charge in [0, 0.05) is 50.1 Å². The largest absolute Gasteiger partial charge is 0.396 e. The third-order valence-electron chi connectivity index (χ3n) is 8.36. The summed E-state index contributed by atoms with van der Waals surface area (Å²) in [6.45, 7) is 0.746. The van der Waals surface area contributed by atoms with E-state index < -0.39 is 36.1 Å². The van der Waals surface area contributed by atoms with Gasteiger partial charge in [-0.1, -0.05) is 12.1 Å². The van der Waals surface area contributed by atoms with Crippen LogP contribution in [-0.4, -0.2) is 59.4 Å². The van der Waals surface area contributed by atoms with Gasteiger partial charge in [0.25, 0.3) is 0 Å². The van der Waals surface area contributed by atoms with Crippen molar-refractivity contribution in [2.24, 2.45) is 0 Å². The fourth-order valence-electron chi connectivity index (χ4n) is 6.32. The van der Waals surface area contributed by atoms with E-state index in [4.69, 9.17) is 0 Å². The number of benzene rings is 1. The highest BCUT2D eigenvalue weighted by molar-refractivity contribution is 5.77. The van der Waals surface area contributed by atoms with E-state index in [2.05, 4.69) is 20.2 Å². The number of carbonyl (C=O) groups is 1. The molecule has 2 aliphatic heterocycles. The number of aromatic nitrogens is 6. The molecule has 1 amide bonds. The molecule has 0 bridgehead atoms. The number of nitrogens with one attached hydrogen (secondary N) is 1. The van der Waals surface area contributed by atoms with Gasteiger partial charge in [0.15, 0.2) is 17.3 Å². The minimum Gasteiger partial charge on any atom is -0.343 e. The summed E-state index contributed by atoms with van der Waals surface area (Å²) in [5, 5.41) is 7.85. The summed E-state index contributed by atoms with van der Waals surface area (Å²) in [5.74, 6) is -3.49. The summed E-state index contributed by atoms with van der Waals surface area (Å²) in [7, 11) is 0. The van der Waals surface area contributed by atoms with Crippen molar-refractivity contribution in [2.45, 2.75) is 69.1 Å². The highest BCUT2D eigenvalue weighted by Crippen LogP contribution is 2.38. The Kier molecular flexibility index (Phi) is 7.31. The number of imidazole rings is 1. The van der Waals surface area contributed by atoms with E-state index in [0.717, 1.165) is 6.07 Å². The molecule has 4 aromatic rings. The molecule has 0 aliphatic carbocycles. The van der Waals surface area contributed by atoms with Crippen LogP contribution in [0, 0.1) is 11.6 Å². The number of H-pyrrole nitrogens is 1. The first-order valence-corrected chi connectivity index (χ1v) is 13.8. The van der Waals surface area contributed by atoms with Gasteiger partial charge in [0.2, 0.25) is 5.91 Å². The second-order valence-electron chi connectivity index (χ2n) is 11.0. The lowest BCUT2D eigenvalue weighted by Gasteiger charge is -2.33. The van der Waals surface area contributed by atoms with Crippen LogP contribution in [0.5, 0.6) is 0 Å². The first-order valence-electron chi connectivity index (χ1n) is 13.8. The normalized spacial score (nSPS) is 20.1. The number of nitrogens with zero attached hydrogens (tertiary/aromatic N) is 6. The van der Waals surface area contributed by atoms with E-state index >= 15 is 0 Å². The number of amides is 1. The van der Waals surface area contributed by atoms with Gasteiger partial charge in [0.05, 0.1) is 5.52 Å². The predicted octanol–water partition coefficient (Wildman–Crippen LogP) is 4.61. The minimum absolute atomic E-state index is 0.00980. The summed E-state index contributed by atoms with van der Waals surface area (Å²) in [6, 6.07) is 7.24. The number of hydrogen-bond acceptors (Lipinski definition) is 5. The standard InChI is InChI=1S/C28H28F5N7O2/c29-20-4-1-3-19(24(20)30)17-7-6-16(26-37-36-22(39(26)15-17)14-28(31,32)33)13-23(41)38-11-8-18(9-12-38)40-21-5-2-10-34-25(21)35-27(40)42/h1-5,10,16-18H,6-9,11-15H2,(H,34,35,42)/t16-,17+/m1/s1. The zero-order valence-corrected chi connectivity index (χ0v) is 22.4. The first kappa shape index (κ1) is 28.0. The van der Waals surface area contributed by atoms with Crippen LogP contribution >= 0.6 is 0 Å². The summed E-state index contributed by atoms with van der Waals surface area (Å²) in [4.78, 5) is 34.7. The van der Waals surface area contributed by atoms with Gasteiger partial charge in [-0.15, -0.1) is 10.2 Å². The molecule has 0 unspecified atom stereocenters. The van der Waals surface area contributed by atoms with Crippen molar-refractivity contribution in [3.05, 3.63) is 75.9 Å². The van der Waals surface area contributed by atoms with Gasteiger partial charge in [-0.25, -0.2) is 18.6 Å². The highest BCUT2D eigenvalue weighted by Gasteiger charge is 2.37. The van der Waals surface area contributed by atoms with Gasteiger partial charge in [-0.05, 0) is 49.4 Å². The molecule has 1 fully saturated rings. The third kappa shape index (κ3) is 5.41. The number of piperidine rings is 1. The van der Waals surface area contributed by atoms with Gasteiger partial charge in [-0.2, -0.15) is 13.2 Å². The Morgan fingerprint density at radius 1 is 1.02 bits per heavy atom. The highest BCUT2D eigenvalue weighted by atomic mass is 19.4. The minimum atomic E-state index is -4.55. The molecule has 2 atom stereocenters. The Bertz CT molecular complexity index is 1670. The number of rotatable bonds is 5. The van der Waals surface area contributed by atoms with Crippen LogP contribution in [0.4, 0.5) is 22.0 Å². The van der Waals surface area contributed by atoms with E-state index in [-0.39, 0.29) is 47.8 Å². The quantitative estimate of drug-likeness (QED) is 0.343. The predicted molar refractivity (Wildman–Crippen MR) is 141 cm³/mol. The summed E-state index contributed by atoms with van der Waals surface area (Å²) in [6.07, 6.45) is -2.53. The fraction of sp³-hybridized carbons (Fsp3) is 0.464. The van der Waals surface area contributed by atoms with Crippen molar-refractivity contribution in [3.63, 3.8) is 0 Å². The fourth-order valence-corrected chi connectivity index (χ4v) is 6.32. The number of pyridine rings is 1. The molecule has 0 radical (unpaired) electrons. The van der Waals surface area contributed by atoms with E-state index in [1.807, 2.05) is 6.07 Å². The third-order valence-corrected chi connectivity index (χ3v) is 8.36. The molecule has 1 aromatic carbocycles. The average molecular weight is 590 g/mol. The molecule has 42 heavy (non-hydrogen) atoms. The van der Waals surface area contributed by atoms with E-state index in [0.29, 0.717) is 49.9 Å². The van der Waals surface area contributed by atoms with Crippen LogP contribution in [-0.2, 0) is 17.8 Å². The molecule has 3 aromatic heterocycles. The summed E-state index contributed by atoms with van der Waals surface area (Å²) in [5.41, 5.74) is 1.01. The molecule has 14 heteroatoms. The zero-order chi connectivity index (χ0) is 29.6. The van der Waals surface area contributed by atoms with Crippen molar-refractivity contribution >= 4 is 17.1 Å². The molecule has 0 saturated carbocycles. The summed E-state index contributed by atoms with van der Waals surface area (Å²) >= 11 is 0. The van der Waals surface area contributed by atoms with Crippen LogP contribution in [0.1, 0.15) is 67.2 Å². The molecular formula is C28H28F5N7O2. The maximum absolute atomic E-state index is 14.7. The number of likely N-dealkylation sites (tertiary alicyclic amines) is 1. The van der Waals surface area contributed by atoms with Crippen molar-refractivity contribution < 1.29 is 26.7 Å². The van der Waals surface area contributed by atoms with Crippen molar-refractivity contribution in [1.29, 1.82) is 0 Å². The van der Waals surface area contributed by atoms with E-state index in [1.54, 1.807) is 21.7 Å². The summed E-state index contributed by atoms with van der Waals surface area (Å²) < 4.78 is 71.8. The molecule has 5 heterocycles. The number of fused-ring (bicyclic) bond motifs is 2. The van der Waals surface area contributed by atoms with E-state index in [9.17, 15) is 31.5 Å². The Morgan fingerprint density at radius 3 is 2.57 bits per heavy atom. The number of hydrogen-bond donors (Lipinski definition) is 1. The number of aromatic amines is 1. The Hall–Kier alpha value is -4.10. The topological polar surface area (TPSA) is 102 Å².